The van der Waals surface area contributed by atoms with Gasteiger partial charge < -0.3 is 33.2 Å². The van der Waals surface area contributed by atoms with Gasteiger partial charge in [0.05, 0.1) is 19.9 Å². The number of methoxy groups -OCH3 is 2. The molecule has 2 aliphatic heterocycles. The first kappa shape index (κ1) is 32.1. The summed E-state index contributed by atoms with van der Waals surface area (Å²) in [4.78, 5) is 57.7. The lowest BCUT2D eigenvalue weighted by Gasteiger charge is -2.43. The predicted molar refractivity (Wildman–Crippen MR) is 154 cm³/mol. The maximum atomic E-state index is 12.7. The van der Waals surface area contributed by atoms with E-state index in [0.29, 0.717) is 5.75 Å². The molecule has 4 rings (SSSR count). The molecule has 0 saturated carbocycles. The largest absolute Gasteiger partial charge is 0.496 e. The van der Waals surface area contributed by atoms with Crippen molar-refractivity contribution in [2.45, 2.75) is 64.3 Å². The van der Waals surface area contributed by atoms with E-state index >= 15 is 0 Å². The molecule has 234 valence electrons. The van der Waals surface area contributed by atoms with E-state index < -0.39 is 54.6 Å². The van der Waals surface area contributed by atoms with Crippen LogP contribution in [0.4, 0.5) is 0 Å². The number of carbonyl (C=O) groups is 4. The van der Waals surface area contributed by atoms with E-state index in [1.165, 1.54) is 7.11 Å². The minimum atomic E-state index is -1.58. The molecule has 1 aromatic heterocycles. The number of esters is 4. The van der Waals surface area contributed by atoms with Gasteiger partial charge in [0.2, 0.25) is 12.4 Å². The van der Waals surface area contributed by atoms with Crippen LogP contribution in [-0.2, 0) is 42.9 Å². The Morgan fingerprint density at radius 2 is 1.64 bits per heavy atom. The topological polar surface area (TPSA) is 158 Å². The molecule has 0 spiro atoms. The molecule has 0 aliphatic carbocycles. The molecule has 1 aromatic carbocycles. The van der Waals surface area contributed by atoms with Gasteiger partial charge in [-0.2, -0.15) is 0 Å². The van der Waals surface area contributed by atoms with Crippen molar-refractivity contribution in [2.24, 2.45) is 4.99 Å². The normalized spacial score (nSPS) is 24.0. The van der Waals surface area contributed by atoms with Gasteiger partial charge in [0.15, 0.2) is 18.3 Å². The summed E-state index contributed by atoms with van der Waals surface area (Å²) in [6.07, 6.45) is -0.295. The quantitative estimate of drug-likeness (QED) is 0.302. The second-order valence-corrected chi connectivity index (χ2v) is 9.94. The average Bonchev–Trinajstić information content (AvgIpc) is 3.00. The Labute approximate surface area is 254 Å². The molecule has 13 nitrogen and oxygen atoms in total. The van der Waals surface area contributed by atoms with Gasteiger partial charge in [-0.1, -0.05) is 0 Å². The summed E-state index contributed by atoms with van der Waals surface area (Å²) in [6.45, 7) is 4.07. The second kappa shape index (κ2) is 14.6. The van der Waals surface area contributed by atoms with Crippen LogP contribution >= 0.6 is 0 Å². The van der Waals surface area contributed by atoms with Crippen LogP contribution in [0.25, 0.3) is 6.08 Å². The first-order valence-electron chi connectivity index (χ1n) is 13.9. The summed E-state index contributed by atoms with van der Waals surface area (Å²) in [5.41, 5.74) is 3.54. The van der Waals surface area contributed by atoms with Crippen LogP contribution in [0.5, 0.6) is 11.5 Å². The molecule has 0 radical (unpaired) electrons. The zero-order valence-electron chi connectivity index (χ0n) is 25.0. The first-order valence-corrected chi connectivity index (χ1v) is 13.9. The zero-order valence-corrected chi connectivity index (χ0v) is 25.0. The molecule has 1 fully saturated rings. The van der Waals surface area contributed by atoms with Crippen LogP contribution in [0.1, 0.15) is 44.7 Å². The Hall–Kier alpha value is -4.78. The lowest BCUT2D eigenvalue weighted by Crippen LogP contribution is -2.64. The molecule has 1 saturated heterocycles. The summed E-state index contributed by atoms with van der Waals surface area (Å²) in [7, 11) is 2.62. The van der Waals surface area contributed by atoms with Gasteiger partial charge >= 0.3 is 23.9 Å². The predicted octanol–water partition coefficient (Wildman–Crippen LogP) is 2.83. The third kappa shape index (κ3) is 7.78. The van der Waals surface area contributed by atoms with E-state index in [-0.39, 0.29) is 5.75 Å². The number of aliphatic imine (C=N–C) groups is 1. The van der Waals surface area contributed by atoms with Crippen molar-refractivity contribution in [3.63, 3.8) is 0 Å². The number of allylic oxidation sites excluding steroid dienone is 1. The van der Waals surface area contributed by atoms with Gasteiger partial charge in [0, 0.05) is 56.9 Å². The van der Waals surface area contributed by atoms with E-state index in [2.05, 4.69) is 4.98 Å². The average molecular weight is 611 g/mol. The van der Waals surface area contributed by atoms with Crippen molar-refractivity contribution in [3.8, 4) is 11.5 Å². The lowest BCUT2D eigenvalue weighted by atomic mass is 9.94. The molecule has 5 atom stereocenters. The molecule has 0 amide bonds. The van der Waals surface area contributed by atoms with Crippen molar-refractivity contribution in [3.05, 3.63) is 59.4 Å². The van der Waals surface area contributed by atoms with Crippen LogP contribution in [0.3, 0.4) is 0 Å². The SMILES string of the molecule is COC(=O)C1OC(Oc2ccc(/C=C3\CCCN=C3c3cccnc3)c(OC)c2)C(OC(C)=O)C(OC(C)=O)C1OC(C)=O. The smallest absolute Gasteiger partial charge is 0.339 e. The third-order valence-corrected chi connectivity index (χ3v) is 6.73. The fourth-order valence-corrected chi connectivity index (χ4v) is 4.98. The fraction of sp³-hybridized carbons (Fsp3) is 0.419. The maximum absolute atomic E-state index is 12.7. The van der Waals surface area contributed by atoms with Crippen LogP contribution < -0.4 is 9.47 Å². The van der Waals surface area contributed by atoms with Gasteiger partial charge in [-0.05, 0) is 48.8 Å². The number of nitrogens with zero attached hydrogens (tertiary/aromatic N) is 2. The number of ether oxygens (including phenoxy) is 7. The third-order valence-electron chi connectivity index (χ3n) is 6.73. The summed E-state index contributed by atoms with van der Waals surface area (Å²) in [5, 5.41) is 0. The number of rotatable bonds is 9. The Kier molecular flexibility index (Phi) is 10.7. The second-order valence-electron chi connectivity index (χ2n) is 9.94. The molecule has 44 heavy (non-hydrogen) atoms. The molecular formula is C31H34N2O11. The van der Waals surface area contributed by atoms with E-state index in [0.717, 1.165) is 69.7 Å². The van der Waals surface area contributed by atoms with Gasteiger partial charge in [-0.25, -0.2) is 4.79 Å². The van der Waals surface area contributed by atoms with Gasteiger partial charge in [0.1, 0.15) is 11.5 Å². The minimum absolute atomic E-state index is 0.215. The molecule has 2 aliphatic rings. The highest BCUT2D eigenvalue weighted by molar-refractivity contribution is 6.15. The summed E-state index contributed by atoms with van der Waals surface area (Å²) < 4.78 is 38.5. The Morgan fingerprint density at radius 3 is 2.27 bits per heavy atom. The number of pyridine rings is 1. The monoisotopic (exact) mass is 610 g/mol. The van der Waals surface area contributed by atoms with Crippen LogP contribution in [0.2, 0.25) is 0 Å². The van der Waals surface area contributed by atoms with E-state index in [9.17, 15) is 19.2 Å². The molecule has 13 heteroatoms. The van der Waals surface area contributed by atoms with E-state index in [1.54, 1.807) is 30.6 Å². The Morgan fingerprint density at radius 1 is 0.932 bits per heavy atom. The van der Waals surface area contributed by atoms with Crippen LogP contribution in [0, 0.1) is 0 Å². The van der Waals surface area contributed by atoms with Crippen LogP contribution in [-0.4, -0.2) is 86.0 Å². The molecule has 2 aromatic rings. The van der Waals surface area contributed by atoms with Crippen molar-refractivity contribution in [2.75, 3.05) is 20.8 Å². The van der Waals surface area contributed by atoms with Crippen LogP contribution in [0.15, 0.2) is 53.3 Å². The molecular weight excluding hydrogens is 576 g/mol. The Balaban J connectivity index is 1.68. The van der Waals surface area contributed by atoms with Crippen molar-refractivity contribution < 1.29 is 52.3 Å². The van der Waals surface area contributed by atoms with Gasteiger partial charge in [-0.3, -0.25) is 24.4 Å². The van der Waals surface area contributed by atoms with Gasteiger partial charge in [-0.15, -0.1) is 0 Å². The highest BCUT2D eigenvalue weighted by Crippen LogP contribution is 2.34. The fourth-order valence-electron chi connectivity index (χ4n) is 4.98. The number of hydrogen-bond acceptors (Lipinski definition) is 13. The number of hydrogen-bond donors (Lipinski definition) is 0. The number of carbonyl (C=O) groups excluding carboxylic acids is 4. The standard InChI is InChI=1S/C31H34N2O11/c1-17(34)40-26-27(41-18(2)35)29(42-19(3)36)31(44-28(26)30(37)39-5)43-23-11-10-20(24(15-23)38-4)14-21-8-7-13-33-25(21)22-9-6-12-32-16-22/h6,9-12,14-16,26-29,31H,7-8,13H2,1-5H3/b21-14+. The lowest BCUT2D eigenvalue weighted by molar-refractivity contribution is -0.282. The van der Waals surface area contributed by atoms with E-state index in [1.807, 2.05) is 18.2 Å². The zero-order chi connectivity index (χ0) is 31.8. The molecule has 0 N–H and O–H groups in total. The van der Waals surface area contributed by atoms with Crippen molar-refractivity contribution in [1.82, 2.24) is 4.98 Å². The molecule has 5 unspecified atom stereocenters. The summed E-state index contributed by atoms with van der Waals surface area (Å²) >= 11 is 0. The van der Waals surface area contributed by atoms with Gasteiger partial charge in [0.25, 0.3) is 0 Å². The number of benzene rings is 1. The molecule has 0 bridgehead atoms. The molecule has 3 heterocycles. The van der Waals surface area contributed by atoms with E-state index in [4.69, 9.17) is 38.2 Å². The van der Waals surface area contributed by atoms with Crippen molar-refractivity contribution in [1.29, 1.82) is 0 Å². The number of aromatic nitrogens is 1. The maximum Gasteiger partial charge on any atom is 0.339 e. The summed E-state index contributed by atoms with van der Waals surface area (Å²) in [6, 6.07) is 8.82. The highest BCUT2D eigenvalue weighted by Gasteiger charge is 2.55. The van der Waals surface area contributed by atoms with Crippen molar-refractivity contribution >= 4 is 35.7 Å². The minimum Gasteiger partial charge on any atom is -0.496 e. The Bertz CT molecular complexity index is 1440. The summed E-state index contributed by atoms with van der Waals surface area (Å²) in [5.74, 6) is -2.61. The first-order chi connectivity index (χ1) is 21.1. The highest BCUT2D eigenvalue weighted by atomic mass is 16.7.